The summed E-state index contributed by atoms with van der Waals surface area (Å²) in [7, 11) is -2.14. The molecule has 2 saturated carbocycles. The van der Waals surface area contributed by atoms with E-state index in [1.807, 2.05) is 10.8 Å². The minimum atomic E-state index is -4.78. The monoisotopic (exact) mass is 733 g/mol. The molecule has 278 valence electrons. The number of fused-ring (bicyclic) bond motifs is 1. The number of carbonyl (C=O) groups excluding carboxylic acids is 5. The predicted octanol–water partition coefficient (Wildman–Crippen LogP) is 1.48. The standard InChI is InChI=1S/C33H43N5O12S/c1-7-20-16-33(20,28(41)37-51(44,45)50-32(11-12-32)29(42)47-6)36-26(40)24-15-22(18-38(24)25(39)17-35-30(43)49-31(2,3)4)48-27-23-9-8-21(46-5)14-19(23)10-13-34-27/h8-10,13-14,20,22,24H,7,11-12,15-18H2,1-6H3,(H,35,43)(H,36,40)(H,37,41)/t20-,22-,24+,33-/m1/s1. The minimum absolute atomic E-state index is 0.0181. The van der Waals surface area contributed by atoms with Crippen molar-refractivity contribution in [2.75, 3.05) is 27.3 Å². The number of ether oxygens (including phenoxy) is 4. The Hall–Kier alpha value is -4.71. The zero-order chi connectivity index (χ0) is 37.4. The summed E-state index contributed by atoms with van der Waals surface area (Å²) >= 11 is 0. The molecule has 0 radical (unpaired) electrons. The average Bonchev–Trinajstić information content (AvgIpc) is 3.96. The largest absolute Gasteiger partial charge is 0.497 e. The fourth-order valence-electron chi connectivity index (χ4n) is 6.15. The summed E-state index contributed by atoms with van der Waals surface area (Å²) in [6, 6.07) is 5.93. The van der Waals surface area contributed by atoms with Gasteiger partial charge in [-0.15, -0.1) is 0 Å². The van der Waals surface area contributed by atoms with E-state index in [-0.39, 0.29) is 38.1 Å². The molecule has 4 amide bonds. The number of benzene rings is 1. The number of esters is 1. The fourth-order valence-corrected chi connectivity index (χ4v) is 7.25. The molecule has 2 aliphatic carbocycles. The third-order valence-electron chi connectivity index (χ3n) is 8.98. The first-order valence-corrected chi connectivity index (χ1v) is 17.9. The van der Waals surface area contributed by atoms with Crippen molar-refractivity contribution in [3.63, 3.8) is 0 Å². The SMILES string of the molecule is CC[C@@H]1C[C@]1(NC(=O)[C@@H]1C[C@@H](Oc2nccc3cc(OC)ccc23)CN1C(=O)CNC(=O)OC(C)(C)C)C(=O)NS(=O)(=O)OC1(C(=O)OC)CC1. The van der Waals surface area contributed by atoms with Crippen LogP contribution in [0.5, 0.6) is 11.6 Å². The number of methoxy groups -OCH3 is 2. The molecule has 0 bridgehead atoms. The van der Waals surface area contributed by atoms with Crippen LogP contribution in [-0.4, -0.2) is 104 Å². The molecule has 51 heavy (non-hydrogen) atoms. The number of nitrogens with zero attached hydrogens (tertiary/aromatic N) is 2. The minimum Gasteiger partial charge on any atom is -0.497 e. The second-order valence-corrected chi connectivity index (χ2v) is 15.1. The van der Waals surface area contributed by atoms with Gasteiger partial charge in [-0.2, -0.15) is 8.42 Å². The second kappa shape index (κ2) is 14.1. The van der Waals surface area contributed by atoms with Gasteiger partial charge in [-0.3, -0.25) is 14.4 Å². The van der Waals surface area contributed by atoms with E-state index in [0.29, 0.717) is 17.6 Å². The number of amides is 4. The van der Waals surface area contributed by atoms with E-state index in [2.05, 4.69) is 20.4 Å². The lowest BCUT2D eigenvalue weighted by molar-refractivity contribution is -0.151. The van der Waals surface area contributed by atoms with Crippen LogP contribution >= 0.6 is 0 Å². The Morgan fingerprint density at radius 3 is 2.41 bits per heavy atom. The lowest BCUT2D eigenvalue weighted by Gasteiger charge is -2.27. The molecule has 1 aromatic carbocycles. The Bertz CT molecular complexity index is 1830. The maximum Gasteiger partial charge on any atom is 0.408 e. The van der Waals surface area contributed by atoms with Gasteiger partial charge in [-0.25, -0.2) is 23.5 Å². The topological polar surface area (TPSA) is 218 Å². The number of hydrogen-bond acceptors (Lipinski definition) is 13. The molecule has 4 atom stereocenters. The van der Waals surface area contributed by atoms with Crippen molar-refractivity contribution < 1.29 is 55.5 Å². The van der Waals surface area contributed by atoms with Crippen molar-refractivity contribution in [2.24, 2.45) is 5.92 Å². The average molecular weight is 734 g/mol. The molecule has 1 aliphatic heterocycles. The van der Waals surface area contributed by atoms with Gasteiger partial charge in [0.2, 0.25) is 17.7 Å². The van der Waals surface area contributed by atoms with Gasteiger partial charge >= 0.3 is 22.4 Å². The van der Waals surface area contributed by atoms with Crippen LogP contribution in [0.2, 0.25) is 0 Å². The highest BCUT2D eigenvalue weighted by molar-refractivity contribution is 7.85. The lowest BCUT2D eigenvalue weighted by atomic mass is 10.1. The summed E-state index contributed by atoms with van der Waals surface area (Å²) in [4.78, 5) is 71.0. The highest BCUT2D eigenvalue weighted by Crippen LogP contribution is 2.47. The van der Waals surface area contributed by atoms with Crippen LogP contribution in [0.4, 0.5) is 4.79 Å². The predicted molar refractivity (Wildman–Crippen MR) is 178 cm³/mol. The smallest absolute Gasteiger partial charge is 0.408 e. The Balaban J connectivity index is 1.34. The van der Waals surface area contributed by atoms with Crippen LogP contribution in [0.1, 0.15) is 59.8 Å². The van der Waals surface area contributed by atoms with E-state index >= 15 is 0 Å². The number of carbonyl (C=O) groups is 5. The van der Waals surface area contributed by atoms with E-state index in [1.54, 1.807) is 59.2 Å². The summed E-state index contributed by atoms with van der Waals surface area (Å²) in [5, 5.41) is 6.55. The number of rotatable bonds is 13. The lowest BCUT2D eigenvalue weighted by Crippen LogP contribution is -2.57. The zero-order valence-electron chi connectivity index (χ0n) is 29.3. The van der Waals surface area contributed by atoms with Gasteiger partial charge in [-0.1, -0.05) is 13.3 Å². The third-order valence-corrected chi connectivity index (χ3v) is 9.95. The first-order chi connectivity index (χ1) is 23.9. The molecule has 3 N–H and O–H groups in total. The van der Waals surface area contributed by atoms with E-state index in [9.17, 15) is 32.4 Å². The van der Waals surface area contributed by atoms with Gasteiger partial charge in [-0.05, 0) is 75.6 Å². The maximum atomic E-state index is 14.0. The van der Waals surface area contributed by atoms with Crippen molar-refractivity contribution in [3.8, 4) is 11.6 Å². The van der Waals surface area contributed by atoms with E-state index in [1.165, 1.54) is 4.90 Å². The molecule has 0 unspecified atom stereocenters. The van der Waals surface area contributed by atoms with Gasteiger partial charge in [0.1, 0.15) is 35.6 Å². The molecule has 2 aromatic rings. The highest BCUT2D eigenvalue weighted by atomic mass is 32.2. The van der Waals surface area contributed by atoms with Crippen LogP contribution in [0.25, 0.3) is 10.8 Å². The molecule has 1 aromatic heterocycles. The molecule has 1 saturated heterocycles. The molecule has 2 heterocycles. The van der Waals surface area contributed by atoms with Crippen LogP contribution in [0.15, 0.2) is 30.5 Å². The first-order valence-electron chi connectivity index (χ1n) is 16.5. The zero-order valence-corrected chi connectivity index (χ0v) is 30.1. The van der Waals surface area contributed by atoms with Crippen LogP contribution < -0.4 is 24.8 Å². The number of pyridine rings is 1. The van der Waals surface area contributed by atoms with Gasteiger partial charge in [0.25, 0.3) is 5.91 Å². The van der Waals surface area contributed by atoms with E-state index in [0.717, 1.165) is 12.5 Å². The van der Waals surface area contributed by atoms with Crippen LogP contribution in [-0.2, 0) is 43.1 Å². The molecular weight excluding hydrogens is 690 g/mol. The van der Waals surface area contributed by atoms with E-state index in [4.69, 9.17) is 18.4 Å². The Kier molecular flexibility index (Phi) is 10.4. The van der Waals surface area contributed by atoms with Gasteiger partial charge in [0.15, 0.2) is 5.60 Å². The molecule has 5 rings (SSSR count). The Morgan fingerprint density at radius 2 is 1.80 bits per heavy atom. The number of alkyl carbamates (subject to hydrolysis) is 1. The first kappa shape index (κ1) is 37.5. The fraction of sp³-hybridized carbons (Fsp3) is 0.576. The molecule has 3 aliphatic rings. The van der Waals surface area contributed by atoms with E-state index < -0.39 is 81.4 Å². The third kappa shape index (κ3) is 8.44. The summed E-state index contributed by atoms with van der Waals surface area (Å²) in [6.07, 6.45) is 0.679. The Labute approximate surface area is 295 Å². The molecule has 0 spiro atoms. The van der Waals surface area contributed by atoms with Gasteiger partial charge in [0, 0.05) is 18.0 Å². The summed E-state index contributed by atoms with van der Waals surface area (Å²) in [5.74, 6) is -2.84. The molecule has 17 nitrogen and oxygen atoms in total. The van der Waals surface area contributed by atoms with Crippen molar-refractivity contribution >= 4 is 50.9 Å². The second-order valence-electron chi connectivity index (χ2n) is 13.8. The quantitative estimate of drug-likeness (QED) is 0.249. The summed E-state index contributed by atoms with van der Waals surface area (Å²) in [5.41, 5.74) is -4.16. The summed E-state index contributed by atoms with van der Waals surface area (Å²) in [6.45, 7) is 6.21. The highest BCUT2D eigenvalue weighted by Gasteiger charge is 2.63. The van der Waals surface area contributed by atoms with Crippen molar-refractivity contribution in [1.29, 1.82) is 0 Å². The van der Waals surface area contributed by atoms with Crippen molar-refractivity contribution in [3.05, 3.63) is 30.5 Å². The normalized spacial score (nSPS) is 23.5. The van der Waals surface area contributed by atoms with Crippen molar-refractivity contribution in [1.82, 2.24) is 25.2 Å². The number of likely N-dealkylation sites (tertiary alicyclic amines) is 1. The number of aromatic nitrogens is 1. The van der Waals surface area contributed by atoms with Crippen LogP contribution in [0, 0.1) is 5.92 Å². The Morgan fingerprint density at radius 1 is 1.08 bits per heavy atom. The van der Waals surface area contributed by atoms with Gasteiger partial charge < -0.3 is 34.5 Å². The maximum absolute atomic E-state index is 14.0. The van der Waals surface area contributed by atoms with Gasteiger partial charge in [0.05, 0.1) is 20.8 Å². The number of nitrogens with one attached hydrogen (secondary N) is 3. The van der Waals surface area contributed by atoms with Crippen LogP contribution in [0.3, 0.4) is 0 Å². The number of hydrogen-bond donors (Lipinski definition) is 3. The van der Waals surface area contributed by atoms with Crippen molar-refractivity contribution in [2.45, 2.75) is 88.7 Å². The summed E-state index contributed by atoms with van der Waals surface area (Å²) < 4.78 is 53.9. The molecule has 3 fully saturated rings. The molecular formula is C33H43N5O12S. The molecule has 18 heteroatoms.